The Labute approximate surface area is 190 Å². The minimum atomic E-state index is -3.73. The predicted molar refractivity (Wildman–Crippen MR) is 127 cm³/mol. The lowest BCUT2D eigenvalue weighted by molar-refractivity contribution is -0.111. The minimum Gasteiger partial charge on any atom is -0.497 e. The van der Waals surface area contributed by atoms with Crippen molar-refractivity contribution in [2.24, 2.45) is 0 Å². The molecule has 8 heteroatoms. The van der Waals surface area contributed by atoms with E-state index in [0.29, 0.717) is 22.7 Å². The number of hydrogen-bond acceptors (Lipinski definition) is 4. The highest BCUT2D eigenvalue weighted by molar-refractivity contribution is 9.10. The number of nitrogens with one attached hydrogen (secondary N) is 2. The smallest absolute Gasteiger partial charge is 0.261 e. The standard InChI is InChI=1S/C23H21BrN2O4S/c1-16-3-13-22(21(24)15-16)25-23(27)14-6-17-4-11-20(12-5-17)31(28,29)26-18-7-9-19(30-2)10-8-18/h3-15,26H,1-2H3,(H,25,27). The van der Waals surface area contributed by atoms with Gasteiger partial charge < -0.3 is 10.1 Å². The van der Waals surface area contributed by atoms with Gasteiger partial charge in [-0.25, -0.2) is 8.42 Å². The fraction of sp³-hybridized carbons (Fsp3) is 0.0870. The number of halogens is 1. The molecule has 0 atom stereocenters. The second-order valence-corrected chi connectivity index (χ2v) is 9.25. The Bertz CT molecular complexity index is 1210. The molecule has 1 amide bonds. The van der Waals surface area contributed by atoms with E-state index in [1.54, 1.807) is 49.6 Å². The quantitative estimate of drug-likeness (QED) is 0.435. The van der Waals surface area contributed by atoms with Gasteiger partial charge in [-0.1, -0.05) is 18.2 Å². The minimum absolute atomic E-state index is 0.119. The largest absolute Gasteiger partial charge is 0.497 e. The van der Waals surface area contributed by atoms with Gasteiger partial charge >= 0.3 is 0 Å². The van der Waals surface area contributed by atoms with Gasteiger partial charge in [0, 0.05) is 16.2 Å². The molecule has 0 aliphatic rings. The van der Waals surface area contributed by atoms with Crippen molar-refractivity contribution in [1.82, 2.24) is 0 Å². The van der Waals surface area contributed by atoms with Gasteiger partial charge in [0.05, 0.1) is 17.7 Å². The molecule has 0 radical (unpaired) electrons. The summed E-state index contributed by atoms with van der Waals surface area (Å²) in [5.41, 5.74) is 2.88. The summed E-state index contributed by atoms with van der Waals surface area (Å²) < 4.78 is 33.5. The molecule has 6 nitrogen and oxygen atoms in total. The lowest BCUT2D eigenvalue weighted by Gasteiger charge is -2.09. The summed E-state index contributed by atoms with van der Waals surface area (Å²) in [4.78, 5) is 12.3. The van der Waals surface area contributed by atoms with E-state index in [-0.39, 0.29) is 10.8 Å². The van der Waals surface area contributed by atoms with Gasteiger partial charge in [0.25, 0.3) is 10.0 Å². The second kappa shape index (κ2) is 9.80. The normalized spacial score (nSPS) is 11.3. The average Bonchev–Trinajstić information content (AvgIpc) is 2.75. The Balaban J connectivity index is 1.65. The topological polar surface area (TPSA) is 84.5 Å². The second-order valence-electron chi connectivity index (χ2n) is 6.71. The van der Waals surface area contributed by atoms with Gasteiger partial charge in [0.15, 0.2) is 0 Å². The molecule has 160 valence electrons. The predicted octanol–water partition coefficient (Wildman–Crippen LogP) is 5.22. The van der Waals surface area contributed by atoms with Gasteiger partial charge in [-0.15, -0.1) is 0 Å². The molecule has 0 aliphatic heterocycles. The van der Waals surface area contributed by atoms with Gasteiger partial charge in [0.2, 0.25) is 5.91 Å². The number of aryl methyl sites for hydroxylation is 1. The van der Waals surface area contributed by atoms with Crippen molar-refractivity contribution in [1.29, 1.82) is 0 Å². The molecule has 0 saturated heterocycles. The van der Waals surface area contributed by atoms with Crippen LogP contribution in [0.1, 0.15) is 11.1 Å². The molecule has 0 heterocycles. The number of benzene rings is 3. The summed E-state index contributed by atoms with van der Waals surface area (Å²) >= 11 is 3.42. The molecular weight excluding hydrogens is 480 g/mol. The van der Waals surface area contributed by atoms with Gasteiger partial charge in [0.1, 0.15) is 5.75 Å². The molecule has 3 aromatic rings. The monoisotopic (exact) mass is 500 g/mol. The van der Waals surface area contributed by atoms with Crippen molar-refractivity contribution in [2.45, 2.75) is 11.8 Å². The van der Waals surface area contributed by atoms with Crippen LogP contribution >= 0.6 is 15.9 Å². The summed E-state index contributed by atoms with van der Waals surface area (Å²) in [6.45, 7) is 1.96. The zero-order valence-electron chi connectivity index (χ0n) is 16.9. The number of rotatable bonds is 7. The van der Waals surface area contributed by atoms with Crippen molar-refractivity contribution < 1.29 is 17.9 Å². The van der Waals surface area contributed by atoms with E-state index in [2.05, 4.69) is 26.0 Å². The molecule has 31 heavy (non-hydrogen) atoms. The maximum Gasteiger partial charge on any atom is 0.261 e. The van der Waals surface area contributed by atoms with Gasteiger partial charge in [-0.3, -0.25) is 9.52 Å². The van der Waals surface area contributed by atoms with Crippen molar-refractivity contribution >= 4 is 49.3 Å². The lowest BCUT2D eigenvalue weighted by Crippen LogP contribution is -2.12. The molecule has 2 N–H and O–H groups in total. The first-order valence-corrected chi connectivity index (χ1v) is 11.6. The number of carbonyl (C=O) groups excluding carboxylic acids is 1. The van der Waals surface area contributed by atoms with Crippen molar-refractivity contribution in [3.63, 3.8) is 0 Å². The Hall–Kier alpha value is -3.10. The summed E-state index contributed by atoms with van der Waals surface area (Å²) in [5.74, 6) is 0.347. The van der Waals surface area contributed by atoms with Crippen molar-refractivity contribution in [2.75, 3.05) is 17.1 Å². The lowest BCUT2D eigenvalue weighted by atomic mass is 10.2. The van der Waals surface area contributed by atoms with Crippen LogP contribution < -0.4 is 14.8 Å². The molecular formula is C23H21BrN2O4S. The highest BCUT2D eigenvalue weighted by Crippen LogP contribution is 2.23. The Morgan fingerprint density at radius 2 is 1.68 bits per heavy atom. The van der Waals surface area contributed by atoms with E-state index in [1.165, 1.54) is 18.2 Å². The van der Waals surface area contributed by atoms with Crippen LogP contribution in [-0.2, 0) is 14.8 Å². The summed E-state index contributed by atoms with van der Waals surface area (Å²) in [6.07, 6.45) is 3.01. The summed E-state index contributed by atoms with van der Waals surface area (Å²) in [6, 6.07) is 18.5. The zero-order chi connectivity index (χ0) is 22.4. The third-order valence-electron chi connectivity index (χ3n) is 4.34. The molecule has 0 spiro atoms. The van der Waals surface area contributed by atoms with Crippen LogP contribution in [0.3, 0.4) is 0 Å². The van der Waals surface area contributed by atoms with E-state index in [9.17, 15) is 13.2 Å². The Kier molecular flexibility index (Phi) is 7.14. The number of hydrogen-bond donors (Lipinski definition) is 2. The number of carbonyl (C=O) groups is 1. The van der Waals surface area contributed by atoms with Crippen LogP contribution in [0.2, 0.25) is 0 Å². The average molecular weight is 501 g/mol. The first-order chi connectivity index (χ1) is 14.8. The first-order valence-electron chi connectivity index (χ1n) is 9.29. The fourth-order valence-electron chi connectivity index (χ4n) is 2.70. The highest BCUT2D eigenvalue weighted by Gasteiger charge is 2.14. The van der Waals surface area contributed by atoms with Crippen LogP contribution in [0.4, 0.5) is 11.4 Å². The van der Waals surface area contributed by atoms with Gasteiger partial charge in [-0.2, -0.15) is 0 Å². The van der Waals surface area contributed by atoms with Crippen LogP contribution in [-0.4, -0.2) is 21.4 Å². The van der Waals surface area contributed by atoms with Crippen LogP contribution in [0.15, 0.2) is 82.2 Å². The SMILES string of the molecule is COc1ccc(NS(=O)(=O)c2ccc(C=CC(=O)Nc3ccc(C)cc3Br)cc2)cc1. The maximum atomic E-state index is 12.6. The molecule has 0 unspecified atom stereocenters. The van der Waals surface area contributed by atoms with E-state index in [0.717, 1.165) is 10.0 Å². The van der Waals surface area contributed by atoms with Crippen molar-refractivity contribution in [3.05, 3.63) is 88.4 Å². The zero-order valence-corrected chi connectivity index (χ0v) is 19.3. The molecule has 0 bridgehead atoms. The number of amides is 1. The Morgan fingerprint density at radius 3 is 2.29 bits per heavy atom. The first kappa shape index (κ1) is 22.6. The maximum absolute atomic E-state index is 12.6. The highest BCUT2D eigenvalue weighted by atomic mass is 79.9. The molecule has 0 aromatic heterocycles. The molecule has 0 saturated carbocycles. The number of methoxy groups -OCH3 is 1. The van der Waals surface area contributed by atoms with Crippen molar-refractivity contribution in [3.8, 4) is 5.75 Å². The number of sulfonamides is 1. The van der Waals surface area contributed by atoms with E-state index in [4.69, 9.17) is 4.74 Å². The molecule has 0 aliphatic carbocycles. The molecule has 3 rings (SSSR count). The molecule has 3 aromatic carbocycles. The van der Waals surface area contributed by atoms with E-state index < -0.39 is 10.0 Å². The molecule has 0 fully saturated rings. The Morgan fingerprint density at radius 1 is 1.00 bits per heavy atom. The number of ether oxygens (including phenoxy) is 1. The number of anilines is 2. The van der Waals surface area contributed by atoms with Gasteiger partial charge in [-0.05, 0) is 88.6 Å². The fourth-order valence-corrected chi connectivity index (χ4v) is 4.35. The summed E-state index contributed by atoms with van der Waals surface area (Å²) in [5, 5.41) is 2.79. The van der Waals surface area contributed by atoms with Crippen LogP contribution in [0, 0.1) is 6.92 Å². The third-order valence-corrected chi connectivity index (χ3v) is 6.40. The van der Waals surface area contributed by atoms with Crippen LogP contribution in [0.25, 0.3) is 6.08 Å². The third kappa shape index (κ3) is 6.19. The summed E-state index contributed by atoms with van der Waals surface area (Å²) in [7, 11) is -2.19. The van der Waals surface area contributed by atoms with Crippen LogP contribution in [0.5, 0.6) is 5.75 Å². The van der Waals surface area contributed by atoms with E-state index >= 15 is 0 Å². The van der Waals surface area contributed by atoms with E-state index in [1.807, 2.05) is 25.1 Å².